The fraction of sp³-hybridized carbons (Fsp3) is 0.500. The Hall–Kier alpha value is -0.650. The van der Waals surface area contributed by atoms with Gasteiger partial charge < -0.3 is 5.32 Å². The minimum absolute atomic E-state index is 0.424. The first-order chi connectivity index (χ1) is 9.17. The fourth-order valence-electron chi connectivity index (χ4n) is 2.19. The van der Waals surface area contributed by atoms with Gasteiger partial charge in [0.1, 0.15) is 0 Å². The van der Waals surface area contributed by atoms with Gasteiger partial charge in [-0.15, -0.1) is 11.3 Å². The van der Waals surface area contributed by atoms with Crippen LogP contribution in [0.1, 0.15) is 42.6 Å². The molecule has 0 spiro atoms. The van der Waals surface area contributed by atoms with Gasteiger partial charge in [0, 0.05) is 24.0 Å². The highest BCUT2D eigenvalue weighted by molar-refractivity contribution is 9.10. The zero-order valence-electron chi connectivity index (χ0n) is 11.6. The Balaban J connectivity index is 2.09. The van der Waals surface area contributed by atoms with Crippen molar-refractivity contribution in [1.82, 2.24) is 15.1 Å². The lowest BCUT2D eigenvalue weighted by Gasteiger charge is -2.16. The molecule has 19 heavy (non-hydrogen) atoms. The molecule has 0 fully saturated rings. The molecule has 1 unspecified atom stereocenters. The lowest BCUT2D eigenvalue weighted by Crippen LogP contribution is -2.21. The number of aromatic nitrogens is 2. The number of thiophene rings is 1. The van der Waals surface area contributed by atoms with E-state index in [0.29, 0.717) is 6.04 Å². The minimum atomic E-state index is 0.424. The molecule has 2 aromatic heterocycles. The van der Waals surface area contributed by atoms with E-state index in [0.717, 1.165) is 29.7 Å². The predicted octanol–water partition coefficient (Wildman–Crippen LogP) is 4.28. The van der Waals surface area contributed by atoms with E-state index in [4.69, 9.17) is 0 Å². The molecule has 104 valence electrons. The second-order valence-corrected chi connectivity index (χ2v) is 6.29. The lowest BCUT2D eigenvalue weighted by molar-refractivity contribution is 0.499. The summed E-state index contributed by atoms with van der Waals surface area (Å²) < 4.78 is 3.19. The first-order valence-electron chi connectivity index (χ1n) is 6.65. The van der Waals surface area contributed by atoms with Crippen molar-refractivity contribution in [2.75, 3.05) is 0 Å². The van der Waals surface area contributed by atoms with Crippen LogP contribution in [0.2, 0.25) is 0 Å². The highest BCUT2D eigenvalue weighted by Crippen LogP contribution is 2.25. The highest BCUT2D eigenvalue weighted by Gasteiger charge is 2.15. The molecule has 0 radical (unpaired) electrons. The summed E-state index contributed by atoms with van der Waals surface area (Å²) in [6.07, 6.45) is 1.09. The van der Waals surface area contributed by atoms with Crippen LogP contribution in [-0.4, -0.2) is 9.78 Å². The van der Waals surface area contributed by atoms with Gasteiger partial charge >= 0.3 is 0 Å². The third-order valence-electron chi connectivity index (χ3n) is 3.26. The molecule has 0 saturated heterocycles. The van der Waals surface area contributed by atoms with E-state index in [-0.39, 0.29) is 0 Å². The van der Waals surface area contributed by atoms with Crippen LogP contribution in [-0.2, 0) is 13.1 Å². The standard InChI is InChI=1S/C14H20BrN3S/c1-4-11(13-7-6-8-19-13)16-9-12-14(15)10(3)17-18(12)5-2/h6-8,11,16H,4-5,9H2,1-3H3. The van der Waals surface area contributed by atoms with Gasteiger partial charge in [-0.2, -0.15) is 5.10 Å². The van der Waals surface area contributed by atoms with E-state index >= 15 is 0 Å². The molecule has 0 amide bonds. The first-order valence-corrected chi connectivity index (χ1v) is 8.33. The molecule has 0 aliphatic rings. The van der Waals surface area contributed by atoms with E-state index in [2.05, 4.69) is 62.4 Å². The van der Waals surface area contributed by atoms with Crippen LogP contribution >= 0.6 is 27.3 Å². The van der Waals surface area contributed by atoms with E-state index < -0.39 is 0 Å². The molecule has 3 nitrogen and oxygen atoms in total. The molecular weight excluding hydrogens is 322 g/mol. The molecule has 2 heterocycles. The summed E-state index contributed by atoms with van der Waals surface area (Å²) in [6.45, 7) is 8.12. The summed E-state index contributed by atoms with van der Waals surface area (Å²) >= 11 is 5.46. The third kappa shape index (κ3) is 3.27. The van der Waals surface area contributed by atoms with Crippen molar-refractivity contribution >= 4 is 27.3 Å². The van der Waals surface area contributed by atoms with Crippen LogP contribution in [0.5, 0.6) is 0 Å². The molecule has 5 heteroatoms. The van der Waals surface area contributed by atoms with Gasteiger partial charge in [0.25, 0.3) is 0 Å². The summed E-state index contributed by atoms with van der Waals surface area (Å²) in [5.74, 6) is 0. The van der Waals surface area contributed by atoms with Crippen LogP contribution in [0.25, 0.3) is 0 Å². The number of nitrogens with one attached hydrogen (secondary N) is 1. The quantitative estimate of drug-likeness (QED) is 0.849. The predicted molar refractivity (Wildman–Crippen MR) is 84.5 cm³/mol. The molecule has 0 saturated carbocycles. The summed E-state index contributed by atoms with van der Waals surface area (Å²) in [6, 6.07) is 4.73. The van der Waals surface area contributed by atoms with E-state index in [1.165, 1.54) is 10.6 Å². The van der Waals surface area contributed by atoms with Gasteiger partial charge in [-0.3, -0.25) is 4.68 Å². The number of rotatable bonds is 6. The Morgan fingerprint density at radius 1 is 1.47 bits per heavy atom. The lowest BCUT2D eigenvalue weighted by atomic mass is 10.2. The van der Waals surface area contributed by atoms with Crippen molar-refractivity contribution in [3.05, 3.63) is 38.3 Å². The zero-order valence-corrected chi connectivity index (χ0v) is 14.0. The van der Waals surface area contributed by atoms with Crippen molar-refractivity contribution in [3.8, 4) is 0 Å². The molecule has 2 rings (SSSR count). The van der Waals surface area contributed by atoms with Gasteiger partial charge in [-0.25, -0.2) is 0 Å². The van der Waals surface area contributed by atoms with Gasteiger partial charge in [-0.1, -0.05) is 13.0 Å². The average Bonchev–Trinajstić information content (AvgIpc) is 3.02. The smallest absolute Gasteiger partial charge is 0.0739 e. The summed E-state index contributed by atoms with van der Waals surface area (Å²) in [7, 11) is 0. The molecule has 1 atom stereocenters. The Morgan fingerprint density at radius 3 is 2.84 bits per heavy atom. The van der Waals surface area contributed by atoms with Crippen molar-refractivity contribution in [2.45, 2.75) is 46.3 Å². The maximum Gasteiger partial charge on any atom is 0.0739 e. The van der Waals surface area contributed by atoms with Crippen LogP contribution in [0.4, 0.5) is 0 Å². The average molecular weight is 342 g/mol. The van der Waals surface area contributed by atoms with Crippen molar-refractivity contribution < 1.29 is 0 Å². The Morgan fingerprint density at radius 2 is 2.26 bits per heavy atom. The summed E-state index contributed by atoms with van der Waals surface area (Å²) in [5, 5.41) is 10.3. The first kappa shape index (κ1) is 14.8. The molecule has 0 aromatic carbocycles. The van der Waals surface area contributed by atoms with Gasteiger partial charge in [0.2, 0.25) is 0 Å². The number of nitrogens with zero attached hydrogens (tertiary/aromatic N) is 2. The molecule has 1 N–H and O–H groups in total. The topological polar surface area (TPSA) is 29.9 Å². The SMILES string of the molecule is CCC(NCc1c(Br)c(C)nn1CC)c1cccs1. The minimum Gasteiger partial charge on any atom is -0.304 e. The zero-order chi connectivity index (χ0) is 13.8. The molecule has 0 bridgehead atoms. The fourth-order valence-corrected chi connectivity index (χ4v) is 3.50. The maximum atomic E-state index is 4.53. The van der Waals surface area contributed by atoms with E-state index in [1.807, 2.05) is 18.3 Å². The number of aryl methyl sites for hydroxylation is 2. The van der Waals surface area contributed by atoms with Gasteiger partial charge in [-0.05, 0) is 47.6 Å². The number of hydrogen-bond acceptors (Lipinski definition) is 3. The van der Waals surface area contributed by atoms with Gasteiger partial charge in [0.15, 0.2) is 0 Å². The molecule has 0 aliphatic carbocycles. The summed E-state index contributed by atoms with van der Waals surface area (Å²) in [5.41, 5.74) is 2.29. The largest absolute Gasteiger partial charge is 0.304 e. The second kappa shape index (κ2) is 6.68. The Labute approximate surface area is 127 Å². The maximum absolute atomic E-state index is 4.53. The molecule has 0 aliphatic heterocycles. The summed E-state index contributed by atoms with van der Waals surface area (Å²) in [4.78, 5) is 1.40. The van der Waals surface area contributed by atoms with Crippen molar-refractivity contribution in [1.29, 1.82) is 0 Å². The van der Waals surface area contributed by atoms with Crippen molar-refractivity contribution in [3.63, 3.8) is 0 Å². The van der Waals surface area contributed by atoms with E-state index in [1.54, 1.807) is 0 Å². The van der Waals surface area contributed by atoms with E-state index in [9.17, 15) is 0 Å². The van der Waals surface area contributed by atoms with Crippen LogP contribution < -0.4 is 5.32 Å². The normalized spacial score (nSPS) is 12.8. The monoisotopic (exact) mass is 341 g/mol. The van der Waals surface area contributed by atoms with Crippen LogP contribution in [0.15, 0.2) is 22.0 Å². The second-order valence-electron chi connectivity index (χ2n) is 4.52. The van der Waals surface area contributed by atoms with Gasteiger partial charge in [0.05, 0.1) is 15.9 Å². The molecular formula is C14H20BrN3S. The third-order valence-corrected chi connectivity index (χ3v) is 5.28. The van der Waals surface area contributed by atoms with Crippen molar-refractivity contribution in [2.24, 2.45) is 0 Å². The number of hydrogen-bond donors (Lipinski definition) is 1. The Kier molecular flexibility index (Phi) is 5.19. The molecule has 2 aromatic rings. The number of halogens is 1. The highest BCUT2D eigenvalue weighted by atomic mass is 79.9. The van der Waals surface area contributed by atoms with Crippen LogP contribution in [0, 0.1) is 6.92 Å². The Bertz CT molecular complexity index is 519. The van der Waals surface area contributed by atoms with Crippen LogP contribution in [0.3, 0.4) is 0 Å².